The highest BCUT2D eigenvalue weighted by Crippen LogP contribution is 2.31. The molecule has 0 saturated carbocycles. The van der Waals surface area contributed by atoms with Gasteiger partial charge in [0.25, 0.3) is 5.56 Å². The molecule has 0 bridgehead atoms. The van der Waals surface area contributed by atoms with Crippen LogP contribution in [0.1, 0.15) is 16.3 Å². The first-order chi connectivity index (χ1) is 12.6. The van der Waals surface area contributed by atoms with Gasteiger partial charge in [0, 0.05) is 4.88 Å². The lowest BCUT2D eigenvalue weighted by atomic mass is 10.2. The fraction of sp³-hybridized carbons (Fsp3) is 0.176. The predicted molar refractivity (Wildman–Crippen MR) is 108 cm³/mol. The zero-order chi connectivity index (χ0) is 17.8. The first-order valence-electron chi connectivity index (χ1n) is 7.96. The second-order valence-corrected chi connectivity index (χ2v) is 9.09. The van der Waals surface area contributed by atoms with Crippen LogP contribution in [-0.2, 0) is 5.75 Å². The largest absolute Gasteiger partial charge is 0.309 e. The van der Waals surface area contributed by atoms with E-state index in [-0.39, 0.29) is 5.56 Å². The summed E-state index contributed by atoms with van der Waals surface area (Å²) in [6.07, 6.45) is 0. The van der Waals surface area contributed by atoms with Crippen LogP contribution in [0.5, 0.6) is 0 Å². The molecular formula is C17H13N5OS3. The molecular weight excluding hydrogens is 386 g/mol. The first-order valence-corrected chi connectivity index (χ1v) is 10.6. The van der Waals surface area contributed by atoms with Crippen LogP contribution in [0, 0.1) is 13.8 Å². The molecule has 5 aromatic rings. The maximum atomic E-state index is 12.4. The molecule has 5 rings (SSSR count). The summed E-state index contributed by atoms with van der Waals surface area (Å²) in [6, 6.07) is 8.18. The molecule has 0 amide bonds. The minimum Gasteiger partial charge on any atom is -0.309 e. The number of thiophene rings is 1. The summed E-state index contributed by atoms with van der Waals surface area (Å²) in [5.74, 6) is 1.19. The van der Waals surface area contributed by atoms with Crippen molar-refractivity contribution in [1.82, 2.24) is 24.6 Å². The molecule has 1 aromatic carbocycles. The molecule has 26 heavy (non-hydrogen) atoms. The minimum absolute atomic E-state index is 0.0696. The first kappa shape index (κ1) is 16.0. The third-order valence-corrected chi connectivity index (χ3v) is 7.39. The second kappa shape index (κ2) is 5.90. The molecule has 1 N–H and O–H groups in total. The number of H-pyrrole nitrogens is 1. The molecule has 0 aliphatic rings. The highest BCUT2D eigenvalue weighted by molar-refractivity contribution is 7.98. The zero-order valence-electron chi connectivity index (χ0n) is 13.9. The molecule has 0 fully saturated rings. The van der Waals surface area contributed by atoms with Gasteiger partial charge in [-0.15, -0.1) is 21.5 Å². The number of para-hydroxylation sites is 1. The Morgan fingerprint density at radius 2 is 2.04 bits per heavy atom. The van der Waals surface area contributed by atoms with Gasteiger partial charge in [-0.2, -0.15) is 0 Å². The zero-order valence-corrected chi connectivity index (χ0v) is 16.4. The third kappa shape index (κ3) is 2.38. The minimum atomic E-state index is -0.0696. The molecule has 0 aliphatic carbocycles. The van der Waals surface area contributed by atoms with Crippen molar-refractivity contribution in [3.8, 4) is 0 Å². The fourth-order valence-electron chi connectivity index (χ4n) is 2.95. The van der Waals surface area contributed by atoms with E-state index in [0.717, 1.165) is 30.9 Å². The van der Waals surface area contributed by atoms with Crippen molar-refractivity contribution in [2.45, 2.75) is 24.8 Å². The lowest BCUT2D eigenvalue weighted by Gasteiger charge is -2.01. The average Bonchev–Trinajstić information content (AvgIpc) is 3.26. The quantitative estimate of drug-likeness (QED) is 0.461. The van der Waals surface area contributed by atoms with Crippen molar-refractivity contribution in [1.29, 1.82) is 0 Å². The maximum absolute atomic E-state index is 12.4. The summed E-state index contributed by atoms with van der Waals surface area (Å²) in [4.78, 5) is 22.8. The van der Waals surface area contributed by atoms with E-state index in [1.54, 1.807) is 22.7 Å². The lowest BCUT2D eigenvalue weighted by Crippen LogP contribution is -2.10. The van der Waals surface area contributed by atoms with E-state index in [9.17, 15) is 4.79 Å². The van der Waals surface area contributed by atoms with Gasteiger partial charge in [-0.05, 0) is 31.5 Å². The number of benzene rings is 1. The monoisotopic (exact) mass is 399 g/mol. The van der Waals surface area contributed by atoms with Crippen LogP contribution in [-0.4, -0.2) is 24.6 Å². The van der Waals surface area contributed by atoms with Crippen molar-refractivity contribution in [2.24, 2.45) is 0 Å². The number of nitrogens with zero attached hydrogens (tertiary/aromatic N) is 4. The number of hydrogen-bond acceptors (Lipinski definition) is 7. The van der Waals surface area contributed by atoms with E-state index in [0.29, 0.717) is 17.0 Å². The van der Waals surface area contributed by atoms with Gasteiger partial charge in [0.2, 0.25) is 4.96 Å². The SMILES string of the molecule is Cc1sc2nc(CSc3nnc4sc5ccccc5n34)[nH]c(=O)c2c1C. The van der Waals surface area contributed by atoms with Gasteiger partial charge in [0.15, 0.2) is 5.16 Å². The van der Waals surface area contributed by atoms with Crippen LogP contribution in [0.3, 0.4) is 0 Å². The van der Waals surface area contributed by atoms with Crippen LogP contribution in [0.15, 0.2) is 34.2 Å². The van der Waals surface area contributed by atoms with Crippen LogP contribution in [0.25, 0.3) is 25.4 Å². The third-order valence-electron chi connectivity index (χ3n) is 4.34. The molecule has 130 valence electrons. The van der Waals surface area contributed by atoms with Gasteiger partial charge < -0.3 is 4.98 Å². The molecule has 0 aliphatic heterocycles. The number of aromatic amines is 1. The van der Waals surface area contributed by atoms with Gasteiger partial charge >= 0.3 is 0 Å². The smallest absolute Gasteiger partial charge is 0.259 e. The molecule has 0 spiro atoms. The number of aryl methyl sites for hydroxylation is 2. The molecule has 0 atom stereocenters. The molecule has 4 heterocycles. The lowest BCUT2D eigenvalue weighted by molar-refractivity contribution is 0.935. The number of aromatic nitrogens is 5. The van der Waals surface area contributed by atoms with E-state index >= 15 is 0 Å². The van der Waals surface area contributed by atoms with E-state index in [4.69, 9.17) is 0 Å². The van der Waals surface area contributed by atoms with Crippen molar-refractivity contribution in [3.63, 3.8) is 0 Å². The average molecular weight is 400 g/mol. The summed E-state index contributed by atoms with van der Waals surface area (Å²) < 4.78 is 3.23. The van der Waals surface area contributed by atoms with Crippen molar-refractivity contribution in [2.75, 3.05) is 0 Å². The van der Waals surface area contributed by atoms with Crippen LogP contribution in [0.4, 0.5) is 0 Å². The van der Waals surface area contributed by atoms with Crippen LogP contribution in [0.2, 0.25) is 0 Å². The Bertz CT molecular complexity index is 1340. The van der Waals surface area contributed by atoms with Gasteiger partial charge in [-0.25, -0.2) is 4.98 Å². The summed E-state index contributed by atoms with van der Waals surface area (Å²) in [6.45, 7) is 3.98. The molecule has 0 saturated heterocycles. The molecule has 6 nitrogen and oxygen atoms in total. The number of thiazole rings is 1. The van der Waals surface area contributed by atoms with Gasteiger partial charge in [0.1, 0.15) is 10.7 Å². The van der Waals surface area contributed by atoms with Gasteiger partial charge in [-0.1, -0.05) is 35.2 Å². The summed E-state index contributed by atoms with van der Waals surface area (Å²) in [5.41, 5.74) is 2.04. The summed E-state index contributed by atoms with van der Waals surface area (Å²) >= 11 is 4.71. The Hall–Kier alpha value is -2.23. The normalized spacial score (nSPS) is 11.9. The van der Waals surface area contributed by atoms with E-state index in [1.807, 2.05) is 26.0 Å². The standard InChI is InChI=1S/C17H13N5OS3/c1-8-9(2)25-15-13(8)14(23)18-12(19-15)7-24-16-20-21-17-22(16)10-5-3-4-6-11(10)26-17/h3-6H,7H2,1-2H3,(H,18,19,23). The Balaban J connectivity index is 1.52. The van der Waals surface area contributed by atoms with Crippen molar-refractivity contribution >= 4 is 59.8 Å². The Kier molecular flexibility index (Phi) is 3.63. The summed E-state index contributed by atoms with van der Waals surface area (Å²) in [7, 11) is 0. The number of rotatable bonds is 3. The molecule has 9 heteroatoms. The number of fused-ring (bicyclic) bond motifs is 4. The predicted octanol–water partition coefficient (Wildman–Crippen LogP) is 4.15. The number of thioether (sulfide) groups is 1. The molecule has 4 aromatic heterocycles. The number of nitrogens with one attached hydrogen (secondary N) is 1. The molecule has 0 radical (unpaired) electrons. The molecule has 0 unspecified atom stereocenters. The Labute approximate surface area is 159 Å². The van der Waals surface area contributed by atoms with Crippen LogP contribution >= 0.6 is 34.4 Å². The highest BCUT2D eigenvalue weighted by Gasteiger charge is 2.15. The fourth-order valence-corrected chi connectivity index (χ4v) is 5.84. The maximum Gasteiger partial charge on any atom is 0.259 e. The van der Waals surface area contributed by atoms with Gasteiger partial charge in [0.05, 0.1) is 21.4 Å². The highest BCUT2D eigenvalue weighted by atomic mass is 32.2. The topological polar surface area (TPSA) is 75.9 Å². The van der Waals surface area contributed by atoms with Crippen molar-refractivity contribution < 1.29 is 0 Å². The van der Waals surface area contributed by atoms with Crippen LogP contribution < -0.4 is 5.56 Å². The Morgan fingerprint density at radius 3 is 2.92 bits per heavy atom. The van der Waals surface area contributed by atoms with E-state index in [2.05, 4.69) is 36.7 Å². The Morgan fingerprint density at radius 1 is 1.19 bits per heavy atom. The summed E-state index contributed by atoms with van der Waals surface area (Å²) in [5, 5.41) is 10.1. The second-order valence-electron chi connectivity index (χ2n) is 5.94. The van der Waals surface area contributed by atoms with E-state index in [1.165, 1.54) is 16.5 Å². The van der Waals surface area contributed by atoms with Crippen molar-refractivity contribution in [3.05, 3.63) is 50.9 Å². The van der Waals surface area contributed by atoms with E-state index < -0.39 is 0 Å². The van der Waals surface area contributed by atoms with Gasteiger partial charge in [-0.3, -0.25) is 9.20 Å². The number of hydrogen-bond donors (Lipinski definition) is 1.